The van der Waals surface area contributed by atoms with Crippen LogP contribution in [-0.4, -0.2) is 19.7 Å². The summed E-state index contributed by atoms with van der Waals surface area (Å²) in [5.74, 6) is 2.56. The minimum absolute atomic E-state index is 0.519. The molecule has 0 saturated heterocycles. The van der Waals surface area contributed by atoms with Gasteiger partial charge in [0.05, 0.1) is 7.11 Å². The number of benzene rings is 1. The van der Waals surface area contributed by atoms with E-state index in [9.17, 15) is 0 Å². The van der Waals surface area contributed by atoms with Crippen molar-refractivity contribution in [2.45, 2.75) is 52.0 Å². The fraction of sp³-hybridized carbons (Fsp3) is 0.667. The molecule has 3 unspecified atom stereocenters. The van der Waals surface area contributed by atoms with Crippen molar-refractivity contribution < 1.29 is 4.74 Å². The first-order valence-corrected chi connectivity index (χ1v) is 8.57. The summed E-state index contributed by atoms with van der Waals surface area (Å²) in [6.45, 7) is 5.59. The molecule has 0 bridgehead atoms. The molecule has 1 aliphatic rings. The van der Waals surface area contributed by atoms with Gasteiger partial charge < -0.3 is 10.1 Å². The Balaban J connectivity index is 2.13. The molecular weight excluding hydrogens is 282 g/mol. The quantitative estimate of drug-likeness (QED) is 0.822. The number of hydrogen-bond acceptors (Lipinski definition) is 2. The smallest absolute Gasteiger partial charge is 0.122 e. The Morgan fingerprint density at radius 3 is 2.86 bits per heavy atom. The number of halogens is 1. The summed E-state index contributed by atoms with van der Waals surface area (Å²) >= 11 is 6.17. The molecule has 1 saturated carbocycles. The summed E-state index contributed by atoms with van der Waals surface area (Å²) in [4.78, 5) is 0. The van der Waals surface area contributed by atoms with E-state index in [0.29, 0.717) is 6.04 Å². The number of ether oxygens (including phenoxy) is 1. The molecule has 0 heterocycles. The molecule has 1 aromatic carbocycles. The van der Waals surface area contributed by atoms with E-state index in [0.717, 1.165) is 35.6 Å². The van der Waals surface area contributed by atoms with Crippen LogP contribution in [-0.2, 0) is 6.42 Å². The summed E-state index contributed by atoms with van der Waals surface area (Å²) in [6, 6.07) is 6.45. The number of methoxy groups -OCH3 is 1. The van der Waals surface area contributed by atoms with Gasteiger partial charge >= 0.3 is 0 Å². The maximum atomic E-state index is 6.17. The van der Waals surface area contributed by atoms with Crippen molar-refractivity contribution in [1.82, 2.24) is 5.32 Å². The van der Waals surface area contributed by atoms with Gasteiger partial charge in [-0.15, -0.1) is 0 Å². The number of nitrogens with one attached hydrogen (secondary N) is 1. The van der Waals surface area contributed by atoms with Gasteiger partial charge in [-0.2, -0.15) is 0 Å². The van der Waals surface area contributed by atoms with E-state index in [1.165, 1.54) is 31.2 Å². The average Bonchev–Trinajstić information content (AvgIpc) is 2.47. The maximum absolute atomic E-state index is 6.17. The highest BCUT2D eigenvalue weighted by Crippen LogP contribution is 2.33. The molecular formula is C18H28ClNO. The molecule has 3 heteroatoms. The Kier molecular flexibility index (Phi) is 6.38. The Morgan fingerprint density at radius 2 is 2.19 bits per heavy atom. The van der Waals surface area contributed by atoms with Crippen LogP contribution in [0.1, 0.15) is 45.1 Å². The van der Waals surface area contributed by atoms with Crippen molar-refractivity contribution in [2.24, 2.45) is 11.8 Å². The van der Waals surface area contributed by atoms with Crippen LogP contribution in [0.3, 0.4) is 0 Å². The summed E-state index contributed by atoms with van der Waals surface area (Å²) in [7, 11) is 1.73. The monoisotopic (exact) mass is 309 g/mol. The van der Waals surface area contributed by atoms with Crippen LogP contribution in [0.5, 0.6) is 5.75 Å². The second-order valence-electron chi connectivity index (χ2n) is 6.36. The van der Waals surface area contributed by atoms with Gasteiger partial charge in [0, 0.05) is 11.1 Å². The Morgan fingerprint density at radius 1 is 1.38 bits per heavy atom. The van der Waals surface area contributed by atoms with Crippen LogP contribution in [0.15, 0.2) is 18.2 Å². The van der Waals surface area contributed by atoms with E-state index in [1.54, 1.807) is 7.11 Å². The van der Waals surface area contributed by atoms with Crippen molar-refractivity contribution in [2.75, 3.05) is 13.7 Å². The molecule has 3 atom stereocenters. The first kappa shape index (κ1) is 16.6. The minimum Gasteiger partial charge on any atom is -0.496 e. The first-order valence-electron chi connectivity index (χ1n) is 8.19. The van der Waals surface area contributed by atoms with Crippen LogP contribution >= 0.6 is 11.6 Å². The predicted octanol–water partition coefficient (Wildman–Crippen LogP) is 4.70. The highest BCUT2D eigenvalue weighted by atomic mass is 35.5. The third kappa shape index (κ3) is 4.62. The zero-order valence-corrected chi connectivity index (χ0v) is 14.2. The Bertz CT molecular complexity index is 449. The molecule has 21 heavy (non-hydrogen) atoms. The van der Waals surface area contributed by atoms with Crippen molar-refractivity contribution in [3.63, 3.8) is 0 Å². The third-order valence-corrected chi connectivity index (χ3v) is 4.93. The van der Waals surface area contributed by atoms with E-state index in [-0.39, 0.29) is 0 Å². The Hall–Kier alpha value is -0.730. The predicted molar refractivity (Wildman–Crippen MR) is 90.3 cm³/mol. The summed E-state index contributed by atoms with van der Waals surface area (Å²) in [5, 5.41) is 4.48. The molecule has 1 fully saturated rings. The van der Waals surface area contributed by atoms with Crippen LogP contribution in [0, 0.1) is 11.8 Å². The number of rotatable bonds is 6. The molecule has 1 aromatic rings. The molecule has 1 aliphatic carbocycles. The lowest BCUT2D eigenvalue weighted by molar-refractivity contribution is 0.222. The second kappa shape index (κ2) is 8.05. The van der Waals surface area contributed by atoms with Gasteiger partial charge in [-0.1, -0.05) is 38.3 Å². The van der Waals surface area contributed by atoms with Crippen LogP contribution in [0.25, 0.3) is 0 Å². The standard InChI is InChI=1S/C18H28ClNO/c1-4-20-17(14-7-5-6-13(2)10-14)12-15-11-16(19)8-9-18(15)21-3/h8-9,11,13-14,17,20H,4-7,10,12H2,1-3H3. The molecule has 1 N–H and O–H groups in total. The first-order chi connectivity index (χ1) is 10.1. The maximum Gasteiger partial charge on any atom is 0.122 e. The van der Waals surface area contributed by atoms with Crippen LogP contribution < -0.4 is 10.1 Å². The highest BCUT2D eigenvalue weighted by Gasteiger charge is 2.27. The average molecular weight is 310 g/mol. The van der Waals surface area contributed by atoms with Gasteiger partial charge in [0.15, 0.2) is 0 Å². The van der Waals surface area contributed by atoms with Crippen molar-refractivity contribution >= 4 is 11.6 Å². The van der Waals surface area contributed by atoms with Crippen LogP contribution in [0.2, 0.25) is 5.02 Å². The fourth-order valence-electron chi connectivity index (χ4n) is 3.66. The highest BCUT2D eigenvalue weighted by molar-refractivity contribution is 6.30. The molecule has 118 valence electrons. The van der Waals surface area contributed by atoms with Gasteiger partial charge in [-0.05, 0) is 61.4 Å². The van der Waals surface area contributed by atoms with E-state index in [4.69, 9.17) is 16.3 Å². The van der Waals surface area contributed by atoms with Gasteiger partial charge in [0.25, 0.3) is 0 Å². The van der Waals surface area contributed by atoms with Gasteiger partial charge in [0.1, 0.15) is 5.75 Å². The number of likely N-dealkylation sites (N-methyl/N-ethyl adjacent to an activating group) is 1. The minimum atomic E-state index is 0.519. The number of hydrogen-bond donors (Lipinski definition) is 1. The zero-order valence-electron chi connectivity index (χ0n) is 13.5. The lowest BCUT2D eigenvalue weighted by Crippen LogP contribution is -2.40. The normalized spacial score (nSPS) is 23.8. The molecule has 0 aromatic heterocycles. The largest absolute Gasteiger partial charge is 0.496 e. The molecule has 0 aliphatic heterocycles. The van der Waals surface area contributed by atoms with Crippen LogP contribution in [0.4, 0.5) is 0 Å². The van der Waals surface area contributed by atoms with Gasteiger partial charge in [-0.3, -0.25) is 0 Å². The van der Waals surface area contributed by atoms with Gasteiger partial charge in [0.2, 0.25) is 0 Å². The second-order valence-corrected chi connectivity index (χ2v) is 6.79. The topological polar surface area (TPSA) is 21.3 Å². The third-order valence-electron chi connectivity index (χ3n) is 4.69. The fourth-order valence-corrected chi connectivity index (χ4v) is 3.85. The van der Waals surface area contributed by atoms with Crippen molar-refractivity contribution in [3.8, 4) is 5.75 Å². The molecule has 0 radical (unpaired) electrons. The zero-order chi connectivity index (χ0) is 15.2. The SMILES string of the molecule is CCNC(Cc1cc(Cl)ccc1OC)C1CCCC(C)C1. The molecule has 2 rings (SSSR count). The van der Waals surface area contributed by atoms with E-state index in [2.05, 4.69) is 25.2 Å². The summed E-state index contributed by atoms with van der Waals surface area (Å²) < 4.78 is 5.50. The molecule has 0 spiro atoms. The molecule has 2 nitrogen and oxygen atoms in total. The molecule has 0 amide bonds. The van der Waals surface area contributed by atoms with E-state index >= 15 is 0 Å². The Labute approximate surface area is 134 Å². The summed E-state index contributed by atoms with van der Waals surface area (Å²) in [6.07, 6.45) is 6.41. The van der Waals surface area contributed by atoms with Gasteiger partial charge in [-0.25, -0.2) is 0 Å². The van der Waals surface area contributed by atoms with Crippen molar-refractivity contribution in [1.29, 1.82) is 0 Å². The van der Waals surface area contributed by atoms with E-state index < -0.39 is 0 Å². The lowest BCUT2D eigenvalue weighted by Gasteiger charge is -2.34. The summed E-state index contributed by atoms with van der Waals surface area (Å²) in [5.41, 5.74) is 1.22. The van der Waals surface area contributed by atoms with Crippen molar-refractivity contribution in [3.05, 3.63) is 28.8 Å². The lowest BCUT2D eigenvalue weighted by atomic mass is 9.77. The van der Waals surface area contributed by atoms with E-state index in [1.807, 2.05) is 12.1 Å².